The Kier molecular flexibility index (Phi) is 5.42. The summed E-state index contributed by atoms with van der Waals surface area (Å²) in [5.74, 6) is 0.346. The van der Waals surface area contributed by atoms with Crippen LogP contribution in [0.3, 0.4) is 0 Å². The van der Waals surface area contributed by atoms with Gasteiger partial charge in [-0.25, -0.2) is 4.39 Å². The molecule has 1 aliphatic heterocycles. The maximum atomic E-state index is 13.8. The molecule has 1 heterocycles. The van der Waals surface area contributed by atoms with Gasteiger partial charge in [-0.3, -0.25) is 4.90 Å². The molecule has 0 amide bonds. The molecule has 0 bridgehead atoms. The van der Waals surface area contributed by atoms with Crippen molar-refractivity contribution in [1.29, 1.82) is 0 Å². The standard InChI is InChI=1S/C16H25FN2O2/c1-11(2)8-14(19-6-4-18-5-7-19)13-9-12(17)10-15(21-3)16(13)20/h9-11,14,18,20H,4-8H2,1-3H3/t14-/m1/s1. The molecule has 1 saturated heterocycles. The van der Waals surface area contributed by atoms with E-state index in [0.29, 0.717) is 11.5 Å². The van der Waals surface area contributed by atoms with Crippen molar-refractivity contribution in [2.75, 3.05) is 33.3 Å². The molecule has 0 saturated carbocycles. The minimum Gasteiger partial charge on any atom is -0.504 e. The number of methoxy groups -OCH3 is 1. The number of halogens is 1. The van der Waals surface area contributed by atoms with E-state index in [1.165, 1.54) is 19.2 Å². The summed E-state index contributed by atoms with van der Waals surface area (Å²) in [6, 6.07) is 2.67. The van der Waals surface area contributed by atoms with Crippen LogP contribution in [0.4, 0.5) is 4.39 Å². The van der Waals surface area contributed by atoms with Gasteiger partial charge in [-0.1, -0.05) is 13.8 Å². The van der Waals surface area contributed by atoms with E-state index in [2.05, 4.69) is 24.1 Å². The van der Waals surface area contributed by atoms with Crippen molar-refractivity contribution in [1.82, 2.24) is 10.2 Å². The second-order valence-electron chi connectivity index (χ2n) is 5.98. The Balaban J connectivity index is 2.37. The van der Waals surface area contributed by atoms with Crippen LogP contribution in [0.5, 0.6) is 11.5 Å². The molecule has 1 fully saturated rings. The van der Waals surface area contributed by atoms with Gasteiger partial charge in [0.25, 0.3) is 0 Å². The average Bonchev–Trinajstić information content (AvgIpc) is 2.47. The van der Waals surface area contributed by atoms with Gasteiger partial charge >= 0.3 is 0 Å². The number of rotatable bonds is 5. The van der Waals surface area contributed by atoms with Crippen molar-refractivity contribution in [2.45, 2.75) is 26.3 Å². The van der Waals surface area contributed by atoms with Gasteiger partial charge in [0.2, 0.25) is 0 Å². The molecular formula is C16H25FN2O2. The van der Waals surface area contributed by atoms with Crippen molar-refractivity contribution >= 4 is 0 Å². The van der Waals surface area contributed by atoms with Crippen LogP contribution in [-0.2, 0) is 0 Å². The lowest BCUT2D eigenvalue weighted by Crippen LogP contribution is -2.45. The van der Waals surface area contributed by atoms with Gasteiger partial charge in [-0.15, -0.1) is 0 Å². The average molecular weight is 296 g/mol. The third-order valence-electron chi connectivity index (χ3n) is 3.94. The Labute approximate surface area is 125 Å². The molecule has 0 aliphatic carbocycles. The number of phenolic OH excluding ortho intramolecular Hbond substituents is 1. The smallest absolute Gasteiger partial charge is 0.163 e. The summed E-state index contributed by atoms with van der Waals surface area (Å²) in [6.45, 7) is 7.92. The Morgan fingerprint density at radius 1 is 1.33 bits per heavy atom. The predicted octanol–water partition coefficient (Wildman–Crippen LogP) is 2.53. The van der Waals surface area contributed by atoms with Crippen molar-refractivity contribution in [3.8, 4) is 11.5 Å². The van der Waals surface area contributed by atoms with Crippen LogP contribution >= 0.6 is 0 Å². The SMILES string of the molecule is COc1cc(F)cc([C@@H](CC(C)C)N2CCNCC2)c1O. The lowest BCUT2D eigenvalue weighted by atomic mass is 9.94. The van der Waals surface area contributed by atoms with Crippen LogP contribution in [0.1, 0.15) is 31.9 Å². The fourth-order valence-corrected chi connectivity index (χ4v) is 2.92. The molecule has 0 spiro atoms. The second-order valence-corrected chi connectivity index (χ2v) is 5.98. The third kappa shape index (κ3) is 3.86. The first kappa shape index (κ1) is 16.0. The van der Waals surface area contributed by atoms with E-state index in [-0.39, 0.29) is 23.4 Å². The highest BCUT2D eigenvalue weighted by Gasteiger charge is 2.27. The van der Waals surface area contributed by atoms with Crippen molar-refractivity contribution in [2.24, 2.45) is 5.92 Å². The maximum Gasteiger partial charge on any atom is 0.163 e. The number of piperazine rings is 1. The number of ether oxygens (including phenoxy) is 1. The summed E-state index contributed by atoms with van der Waals surface area (Å²) in [5, 5.41) is 13.7. The van der Waals surface area contributed by atoms with E-state index in [1.54, 1.807) is 0 Å². The van der Waals surface area contributed by atoms with Gasteiger partial charge in [0, 0.05) is 43.9 Å². The van der Waals surface area contributed by atoms with E-state index in [0.717, 1.165) is 32.6 Å². The Hall–Kier alpha value is -1.33. The number of benzene rings is 1. The normalized spacial score (nSPS) is 18.0. The van der Waals surface area contributed by atoms with Gasteiger partial charge in [0.15, 0.2) is 11.5 Å². The molecule has 4 nitrogen and oxygen atoms in total. The zero-order valence-corrected chi connectivity index (χ0v) is 13.0. The van der Waals surface area contributed by atoms with Gasteiger partial charge in [0.05, 0.1) is 7.11 Å². The zero-order chi connectivity index (χ0) is 15.4. The van der Waals surface area contributed by atoms with Crippen LogP contribution < -0.4 is 10.1 Å². The summed E-state index contributed by atoms with van der Waals surface area (Å²) in [5.41, 5.74) is 0.627. The van der Waals surface area contributed by atoms with Crippen molar-refractivity contribution < 1.29 is 14.2 Å². The van der Waals surface area contributed by atoms with E-state index in [1.807, 2.05) is 0 Å². The monoisotopic (exact) mass is 296 g/mol. The van der Waals surface area contributed by atoms with Crippen molar-refractivity contribution in [3.05, 3.63) is 23.5 Å². The fourth-order valence-electron chi connectivity index (χ4n) is 2.92. The minimum atomic E-state index is -0.372. The highest BCUT2D eigenvalue weighted by Crippen LogP contribution is 2.39. The molecule has 2 rings (SSSR count). The molecule has 0 aromatic heterocycles. The molecule has 1 aromatic rings. The molecule has 21 heavy (non-hydrogen) atoms. The molecule has 1 aliphatic rings. The summed E-state index contributed by atoms with van der Waals surface area (Å²) >= 11 is 0. The number of nitrogens with one attached hydrogen (secondary N) is 1. The first-order valence-corrected chi connectivity index (χ1v) is 7.54. The van der Waals surface area contributed by atoms with Crippen LogP contribution in [-0.4, -0.2) is 43.3 Å². The highest BCUT2D eigenvalue weighted by molar-refractivity contribution is 5.47. The van der Waals surface area contributed by atoms with Crippen LogP contribution in [0.15, 0.2) is 12.1 Å². The third-order valence-corrected chi connectivity index (χ3v) is 3.94. The van der Waals surface area contributed by atoms with E-state index < -0.39 is 0 Å². The lowest BCUT2D eigenvalue weighted by Gasteiger charge is -2.36. The molecule has 118 valence electrons. The number of aromatic hydroxyl groups is 1. The Bertz CT molecular complexity index is 474. The topological polar surface area (TPSA) is 44.7 Å². The molecule has 0 unspecified atom stereocenters. The molecule has 5 heteroatoms. The highest BCUT2D eigenvalue weighted by atomic mass is 19.1. The maximum absolute atomic E-state index is 13.8. The lowest BCUT2D eigenvalue weighted by molar-refractivity contribution is 0.151. The largest absolute Gasteiger partial charge is 0.504 e. The fraction of sp³-hybridized carbons (Fsp3) is 0.625. The van der Waals surface area contributed by atoms with Gasteiger partial charge in [0.1, 0.15) is 5.82 Å². The van der Waals surface area contributed by atoms with Crippen LogP contribution in [0, 0.1) is 11.7 Å². The minimum absolute atomic E-state index is 0.0108. The van der Waals surface area contributed by atoms with Crippen molar-refractivity contribution in [3.63, 3.8) is 0 Å². The second kappa shape index (κ2) is 7.09. The number of hydrogen-bond donors (Lipinski definition) is 2. The summed E-state index contributed by atoms with van der Waals surface area (Å²) in [6.07, 6.45) is 0.875. The first-order chi connectivity index (χ1) is 10.0. The number of phenols is 1. The summed E-state index contributed by atoms with van der Waals surface area (Å²) in [4.78, 5) is 2.31. The van der Waals surface area contributed by atoms with Crippen LogP contribution in [0.25, 0.3) is 0 Å². The van der Waals surface area contributed by atoms with Gasteiger partial charge in [-0.05, 0) is 18.4 Å². The van der Waals surface area contributed by atoms with E-state index in [4.69, 9.17) is 4.74 Å². The molecule has 1 atom stereocenters. The molecule has 1 aromatic carbocycles. The number of nitrogens with zero attached hydrogens (tertiary/aromatic N) is 1. The molecular weight excluding hydrogens is 271 g/mol. The Morgan fingerprint density at radius 3 is 2.57 bits per heavy atom. The number of hydrogen-bond acceptors (Lipinski definition) is 4. The first-order valence-electron chi connectivity index (χ1n) is 7.54. The summed E-state index contributed by atoms with van der Waals surface area (Å²) < 4.78 is 18.9. The molecule has 2 N–H and O–H groups in total. The van der Waals surface area contributed by atoms with Gasteiger partial charge in [-0.2, -0.15) is 0 Å². The summed E-state index contributed by atoms with van der Waals surface area (Å²) in [7, 11) is 1.44. The zero-order valence-electron chi connectivity index (χ0n) is 13.0. The van der Waals surface area contributed by atoms with Gasteiger partial charge < -0.3 is 15.2 Å². The predicted molar refractivity (Wildman–Crippen MR) is 81.3 cm³/mol. The Morgan fingerprint density at radius 2 is 2.00 bits per heavy atom. The van der Waals surface area contributed by atoms with Crippen LogP contribution in [0.2, 0.25) is 0 Å². The quantitative estimate of drug-likeness (QED) is 0.876. The van der Waals surface area contributed by atoms with E-state index >= 15 is 0 Å². The molecule has 0 radical (unpaired) electrons. The van der Waals surface area contributed by atoms with E-state index in [9.17, 15) is 9.50 Å².